The minimum Gasteiger partial charge on any atom is -0.465 e. The molecule has 0 spiro atoms. The van der Waals surface area contributed by atoms with Gasteiger partial charge in [0.1, 0.15) is 5.82 Å². The summed E-state index contributed by atoms with van der Waals surface area (Å²) >= 11 is 0. The molecule has 5 rings (SSSR count). The van der Waals surface area contributed by atoms with E-state index in [1.807, 2.05) is 49.4 Å². The third kappa shape index (κ3) is 3.66. The van der Waals surface area contributed by atoms with Crippen LogP contribution in [0, 0.1) is 0 Å². The van der Waals surface area contributed by atoms with Crippen LogP contribution in [0.25, 0.3) is 11.0 Å². The molecular formula is C24H27N3O4S. The van der Waals surface area contributed by atoms with Gasteiger partial charge in [-0.25, -0.2) is 18.2 Å². The lowest BCUT2D eigenvalue weighted by Crippen LogP contribution is -2.41. The molecule has 0 bridgehead atoms. The number of aryl methyl sites for hydroxylation is 1. The first-order valence-electron chi connectivity index (χ1n) is 11.1. The molecule has 2 aliphatic heterocycles. The van der Waals surface area contributed by atoms with Gasteiger partial charge in [-0.2, -0.15) is 0 Å². The Labute approximate surface area is 187 Å². The maximum atomic E-state index is 12.4. The second-order valence-corrected chi connectivity index (χ2v) is 11.2. The molecule has 0 unspecified atom stereocenters. The SMILES string of the molecule is C[C@H]1CCc2c(ccc3c2nc(Cc2ccccc2)n3[C@H]2CCCS(=O)(=O)C2)N1C(=O)O. The maximum Gasteiger partial charge on any atom is 0.412 e. The van der Waals surface area contributed by atoms with Crippen LogP contribution < -0.4 is 4.90 Å². The van der Waals surface area contributed by atoms with Crippen LogP contribution in [0.3, 0.4) is 0 Å². The largest absolute Gasteiger partial charge is 0.465 e. The molecule has 1 fully saturated rings. The predicted molar refractivity (Wildman–Crippen MR) is 124 cm³/mol. The minimum absolute atomic E-state index is 0.0909. The Bertz CT molecular complexity index is 1280. The van der Waals surface area contributed by atoms with Crippen molar-refractivity contribution in [2.75, 3.05) is 16.4 Å². The third-order valence-corrected chi connectivity index (χ3v) is 8.55. The number of carbonyl (C=O) groups is 1. The van der Waals surface area contributed by atoms with Gasteiger partial charge in [-0.15, -0.1) is 0 Å². The van der Waals surface area contributed by atoms with Crippen molar-refractivity contribution in [3.05, 3.63) is 59.4 Å². The molecule has 3 aromatic rings. The average Bonchev–Trinajstić information content (AvgIpc) is 3.11. The highest BCUT2D eigenvalue weighted by atomic mass is 32.2. The van der Waals surface area contributed by atoms with Crippen LogP contribution in [0.15, 0.2) is 42.5 Å². The number of hydrogen-bond acceptors (Lipinski definition) is 4. The molecule has 0 radical (unpaired) electrons. The number of carboxylic acid groups (broad SMARTS) is 1. The van der Waals surface area contributed by atoms with Gasteiger partial charge in [-0.1, -0.05) is 30.3 Å². The number of benzene rings is 2. The smallest absolute Gasteiger partial charge is 0.412 e. The Morgan fingerprint density at radius 2 is 1.94 bits per heavy atom. The lowest BCUT2D eigenvalue weighted by Gasteiger charge is -2.33. The molecule has 2 aliphatic rings. The van der Waals surface area contributed by atoms with Crippen molar-refractivity contribution in [1.82, 2.24) is 9.55 Å². The van der Waals surface area contributed by atoms with Gasteiger partial charge in [0.05, 0.1) is 28.2 Å². The number of hydrogen-bond donors (Lipinski definition) is 1. The molecule has 168 valence electrons. The van der Waals surface area contributed by atoms with Gasteiger partial charge in [0.2, 0.25) is 0 Å². The van der Waals surface area contributed by atoms with E-state index in [4.69, 9.17) is 4.98 Å². The fraction of sp³-hybridized carbons (Fsp3) is 0.417. The van der Waals surface area contributed by atoms with Crippen LogP contribution >= 0.6 is 0 Å². The highest BCUT2D eigenvalue weighted by molar-refractivity contribution is 7.91. The maximum absolute atomic E-state index is 12.4. The van der Waals surface area contributed by atoms with E-state index in [2.05, 4.69) is 4.57 Å². The topological polar surface area (TPSA) is 92.5 Å². The molecule has 0 aliphatic carbocycles. The number of sulfone groups is 1. The lowest BCUT2D eigenvalue weighted by molar-refractivity contribution is 0.198. The van der Waals surface area contributed by atoms with Gasteiger partial charge >= 0.3 is 6.09 Å². The van der Waals surface area contributed by atoms with Crippen LogP contribution in [-0.2, 0) is 22.7 Å². The predicted octanol–water partition coefficient (Wildman–Crippen LogP) is 4.20. The van der Waals surface area contributed by atoms with Crippen molar-refractivity contribution in [3.63, 3.8) is 0 Å². The van der Waals surface area contributed by atoms with Crippen molar-refractivity contribution in [1.29, 1.82) is 0 Å². The number of fused-ring (bicyclic) bond motifs is 3. The number of rotatable bonds is 3. The quantitative estimate of drug-likeness (QED) is 0.642. The minimum atomic E-state index is -3.10. The van der Waals surface area contributed by atoms with Crippen molar-refractivity contribution in [3.8, 4) is 0 Å². The summed E-state index contributed by atoms with van der Waals surface area (Å²) < 4.78 is 27.0. The standard InChI is InChI=1S/C24H27N3O4S/c1-16-9-10-19-20(26(16)24(28)29)11-12-21-23(19)25-22(14-17-6-3-2-4-7-17)27(21)18-8-5-13-32(30,31)15-18/h2-4,6-7,11-12,16,18H,5,8-10,13-15H2,1H3,(H,28,29)/t16-,18-/m0/s1. The van der Waals surface area contributed by atoms with E-state index in [9.17, 15) is 18.3 Å². The van der Waals surface area contributed by atoms with Crippen molar-refractivity contribution < 1.29 is 18.3 Å². The zero-order chi connectivity index (χ0) is 22.5. The van der Waals surface area contributed by atoms with Crippen LogP contribution in [0.5, 0.6) is 0 Å². The lowest BCUT2D eigenvalue weighted by atomic mass is 9.95. The number of amides is 1. The van der Waals surface area contributed by atoms with Crippen LogP contribution in [0.1, 0.15) is 49.2 Å². The van der Waals surface area contributed by atoms with E-state index in [1.54, 1.807) is 0 Å². The van der Waals surface area contributed by atoms with Gasteiger partial charge in [-0.3, -0.25) is 4.90 Å². The molecule has 2 aromatic carbocycles. The molecule has 8 heteroatoms. The first-order valence-corrected chi connectivity index (χ1v) is 13.0. The van der Waals surface area contributed by atoms with Gasteiger partial charge in [0.15, 0.2) is 9.84 Å². The molecular weight excluding hydrogens is 426 g/mol. The Balaban J connectivity index is 1.69. The Hall–Kier alpha value is -2.87. The van der Waals surface area contributed by atoms with E-state index < -0.39 is 15.9 Å². The second kappa shape index (κ2) is 7.92. The molecule has 2 atom stereocenters. The summed E-state index contributed by atoms with van der Waals surface area (Å²) in [5.41, 5.74) is 4.44. The third-order valence-electron chi connectivity index (χ3n) is 6.74. The number of imidazole rings is 1. The molecule has 1 saturated heterocycles. The number of aromatic nitrogens is 2. The van der Waals surface area contributed by atoms with Gasteiger partial charge < -0.3 is 9.67 Å². The Kier molecular flexibility index (Phi) is 5.20. The van der Waals surface area contributed by atoms with Gasteiger partial charge in [0.25, 0.3) is 0 Å². The zero-order valence-electron chi connectivity index (χ0n) is 18.1. The van der Waals surface area contributed by atoms with Gasteiger partial charge in [0, 0.05) is 24.1 Å². The summed E-state index contributed by atoms with van der Waals surface area (Å²) in [6.07, 6.45) is 2.56. The second-order valence-electron chi connectivity index (χ2n) is 8.94. The fourth-order valence-electron chi connectivity index (χ4n) is 5.25. The molecule has 7 nitrogen and oxygen atoms in total. The summed E-state index contributed by atoms with van der Waals surface area (Å²) in [4.78, 5) is 18.4. The Morgan fingerprint density at radius 1 is 1.16 bits per heavy atom. The summed E-state index contributed by atoms with van der Waals surface area (Å²) in [6.45, 7) is 1.92. The summed E-state index contributed by atoms with van der Waals surface area (Å²) in [5, 5.41) is 9.78. The Morgan fingerprint density at radius 3 is 2.66 bits per heavy atom. The molecule has 0 saturated carbocycles. The first kappa shape index (κ1) is 21.0. The average molecular weight is 454 g/mol. The van der Waals surface area contributed by atoms with E-state index >= 15 is 0 Å². The summed E-state index contributed by atoms with van der Waals surface area (Å²) in [5.74, 6) is 1.20. The highest BCUT2D eigenvalue weighted by Gasteiger charge is 2.33. The van der Waals surface area contributed by atoms with Crippen LogP contribution in [0.2, 0.25) is 0 Å². The molecule has 32 heavy (non-hydrogen) atoms. The monoisotopic (exact) mass is 453 g/mol. The van der Waals surface area contributed by atoms with Gasteiger partial charge in [-0.05, 0) is 50.3 Å². The molecule has 1 aromatic heterocycles. The zero-order valence-corrected chi connectivity index (χ0v) is 18.9. The number of nitrogens with zero attached hydrogens (tertiary/aromatic N) is 3. The number of anilines is 1. The van der Waals surface area contributed by atoms with Crippen LogP contribution in [0.4, 0.5) is 10.5 Å². The van der Waals surface area contributed by atoms with Crippen LogP contribution in [-0.4, -0.2) is 46.7 Å². The van der Waals surface area contributed by atoms with Crippen molar-refractivity contribution >= 4 is 32.7 Å². The molecule has 1 amide bonds. The van der Waals surface area contributed by atoms with E-state index in [1.165, 1.54) is 4.90 Å². The fourth-order valence-corrected chi connectivity index (χ4v) is 6.93. The van der Waals surface area contributed by atoms with E-state index in [-0.39, 0.29) is 23.6 Å². The van der Waals surface area contributed by atoms with E-state index in [0.717, 1.165) is 47.2 Å². The van der Waals surface area contributed by atoms with Crippen molar-refractivity contribution in [2.45, 2.75) is 51.1 Å². The summed E-state index contributed by atoms with van der Waals surface area (Å²) in [6, 6.07) is 13.6. The molecule has 1 N–H and O–H groups in total. The first-order chi connectivity index (χ1) is 15.3. The normalized spacial score (nSPS) is 22.6. The molecule has 3 heterocycles. The summed E-state index contributed by atoms with van der Waals surface area (Å²) in [7, 11) is -3.10. The van der Waals surface area contributed by atoms with E-state index in [0.29, 0.717) is 18.5 Å². The highest BCUT2D eigenvalue weighted by Crippen LogP contribution is 2.38. The van der Waals surface area contributed by atoms with Crippen molar-refractivity contribution in [2.24, 2.45) is 0 Å².